The van der Waals surface area contributed by atoms with Crippen LogP contribution in [0, 0.1) is 23.0 Å². The van der Waals surface area contributed by atoms with Crippen molar-refractivity contribution in [2.45, 2.75) is 59.2 Å². The van der Waals surface area contributed by atoms with Crippen LogP contribution in [0.25, 0.3) is 11.0 Å². The Hall–Kier alpha value is -4.21. The van der Waals surface area contributed by atoms with Crippen LogP contribution in [0.3, 0.4) is 0 Å². The van der Waals surface area contributed by atoms with Crippen LogP contribution in [0.1, 0.15) is 65.1 Å². The van der Waals surface area contributed by atoms with Gasteiger partial charge in [0, 0.05) is 13.1 Å². The molecule has 3 N–H and O–H groups in total. The van der Waals surface area contributed by atoms with E-state index in [0.29, 0.717) is 68.2 Å². The van der Waals surface area contributed by atoms with Crippen LogP contribution >= 0.6 is 0 Å². The van der Waals surface area contributed by atoms with Crippen molar-refractivity contribution >= 4 is 17.0 Å². The van der Waals surface area contributed by atoms with Crippen LogP contribution < -0.4 is 5.73 Å². The average molecular weight is 633 g/mol. The summed E-state index contributed by atoms with van der Waals surface area (Å²) in [6.45, 7) is 7.93. The van der Waals surface area contributed by atoms with Crippen molar-refractivity contribution in [3.05, 3.63) is 99.9 Å². The van der Waals surface area contributed by atoms with E-state index in [1.807, 2.05) is 36.6 Å². The summed E-state index contributed by atoms with van der Waals surface area (Å²) in [7, 11) is 0. The molecule has 3 aromatic carbocycles. The second-order valence-electron chi connectivity index (χ2n) is 11.0. The molecule has 244 valence electrons. The van der Waals surface area contributed by atoms with Gasteiger partial charge in [-0.15, -0.1) is 0 Å². The van der Waals surface area contributed by atoms with Gasteiger partial charge in [0.15, 0.2) is 5.82 Å². The molecule has 1 aromatic heterocycles. The number of carboxylic acid groups (broad SMARTS) is 1. The lowest BCUT2D eigenvalue weighted by atomic mass is 9.99. The van der Waals surface area contributed by atoms with Crippen molar-refractivity contribution in [2.75, 3.05) is 32.8 Å². The summed E-state index contributed by atoms with van der Waals surface area (Å²) in [5.74, 6) is -1.59. The number of rotatable bonds is 15. The normalized spacial score (nSPS) is 12.9. The first-order valence-electron chi connectivity index (χ1n) is 15.8. The number of fused-ring (bicyclic) bond motifs is 1. The first-order chi connectivity index (χ1) is 22.3. The molecule has 1 aliphatic heterocycles. The van der Waals surface area contributed by atoms with E-state index in [-0.39, 0.29) is 16.9 Å². The van der Waals surface area contributed by atoms with Gasteiger partial charge < -0.3 is 15.4 Å². The van der Waals surface area contributed by atoms with Gasteiger partial charge in [0.2, 0.25) is 0 Å². The highest BCUT2D eigenvalue weighted by Crippen LogP contribution is 2.24. The third-order valence-corrected chi connectivity index (χ3v) is 7.90. The number of benzene rings is 3. The molecule has 0 amide bonds. The van der Waals surface area contributed by atoms with Crippen LogP contribution in [0.5, 0.6) is 0 Å². The lowest BCUT2D eigenvalue weighted by molar-refractivity contribution is -0.263. The van der Waals surface area contributed by atoms with Gasteiger partial charge in [-0.2, -0.15) is 10.3 Å². The van der Waals surface area contributed by atoms with Crippen molar-refractivity contribution < 1.29 is 23.5 Å². The maximum absolute atomic E-state index is 14.9. The second-order valence-corrected chi connectivity index (χ2v) is 11.0. The van der Waals surface area contributed by atoms with E-state index in [0.717, 1.165) is 44.0 Å². The molecule has 1 fully saturated rings. The number of nitriles is 1. The van der Waals surface area contributed by atoms with Crippen LogP contribution in [0.4, 0.5) is 8.78 Å². The lowest BCUT2D eigenvalue weighted by Crippen LogP contribution is -2.41. The van der Waals surface area contributed by atoms with Crippen molar-refractivity contribution in [3.63, 3.8) is 0 Å². The summed E-state index contributed by atoms with van der Waals surface area (Å²) < 4.78 is 31.0. The average Bonchev–Trinajstić information content (AvgIpc) is 3.38. The Morgan fingerprint density at radius 1 is 1.04 bits per heavy atom. The molecule has 9 nitrogen and oxygen atoms in total. The Balaban J connectivity index is 0.00000235. The predicted molar refractivity (Wildman–Crippen MR) is 173 cm³/mol. The van der Waals surface area contributed by atoms with E-state index in [2.05, 4.69) is 22.0 Å². The highest BCUT2D eigenvalue weighted by Gasteiger charge is 2.23. The van der Waals surface area contributed by atoms with Gasteiger partial charge >= 0.3 is 5.97 Å². The fourth-order valence-electron chi connectivity index (χ4n) is 5.48. The van der Waals surface area contributed by atoms with E-state index in [1.165, 1.54) is 17.7 Å². The summed E-state index contributed by atoms with van der Waals surface area (Å²) in [5.41, 5.74) is 9.64. The third-order valence-electron chi connectivity index (χ3n) is 7.90. The molecule has 0 saturated carbocycles. The van der Waals surface area contributed by atoms with Gasteiger partial charge in [0.1, 0.15) is 23.8 Å². The number of hydroxylamine groups is 2. The third kappa shape index (κ3) is 8.95. The molecule has 1 aliphatic rings. The topological polar surface area (TPSA) is 121 Å². The minimum Gasteiger partial charge on any atom is -0.478 e. The standard InChI is InChI=1S/C33H36F2N6O3.C2H6/c34-28-17-25(20-37)8-10-26(28)9-7-24-6-3-5-23(16-24)4-1-2-12-39(13-11-36)21-31-38-32-29(35)18-27(33(42)43)19-30(32)41(31)22-40-14-15-44-40;1-2/h3,5-6,8,10,16-19H,1-2,4,7,9,11-15,21-22,36H2,(H,42,43);1-2H3. The van der Waals surface area contributed by atoms with Crippen LogP contribution in [0.15, 0.2) is 54.6 Å². The Morgan fingerprint density at radius 3 is 2.46 bits per heavy atom. The Morgan fingerprint density at radius 2 is 1.80 bits per heavy atom. The van der Waals surface area contributed by atoms with Gasteiger partial charge in [-0.25, -0.2) is 18.6 Å². The number of hydrogen-bond acceptors (Lipinski definition) is 7. The number of carbonyl (C=O) groups is 1. The number of nitrogens with zero attached hydrogens (tertiary/aromatic N) is 5. The predicted octanol–water partition coefficient (Wildman–Crippen LogP) is 5.68. The maximum Gasteiger partial charge on any atom is 0.335 e. The summed E-state index contributed by atoms with van der Waals surface area (Å²) in [4.78, 5) is 23.8. The molecule has 46 heavy (non-hydrogen) atoms. The zero-order valence-corrected chi connectivity index (χ0v) is 26.5. The Kier molecular flexibility index (Phi) is 12.7. The Labute approximate surface area is 268 Å². The van der Waals surface area contributed by atoms with Gasteiger partial charge in [-0.3, -0.25) is 9.74 Å². The number of imidazole rings is 1. The van der Waals surface area contributed by atoms with Crippen molar-refractivity contribution in [3.8, 4) is 6.07 Å². The van der Waals surface area contributed by atoms with E-state index < -0.39 is 11.8 Å². The summed E-state index contributed by atoms with van der Waals surface area (Å²) in [6.07, 6.45) is 4.02. The summed E-state index contributed by atoms with van der Waals surface area (Å²) in [6, 6.07) is 17.4. The van der Waals surface area contributed by atoms with Crippen LogP contribution in [-0.2, 0) is 37.3 Å². The van der Waals surface area contributed by atoms with Crippen LogP contribution in [0.2, 0.25) is 0 Å². The fraction of sp³-hybridized carbons (Fsp3) is 0.400. The van der Waals surface area contributed by atoms with E-state index in [9.17, 15) is 18.7 Å². The molecule has 1 saturated heterocycles. The molecule has 0 radical (unpaired) electrons. The molecule has 0 unspecified atom stereocenters. The molecule has 11 heteroatoms. The second kappa shape index (κ2) is 16.9. The highest BCUT2D eigenvalue weighted by molar-refractivity contribution is 5.92. The minimum atomic E-state index is -1.20. The molecule has 5 rings (SSSR count). The summed E-state index contributed by atoms with van der Waals surface area (Å²) >= 11 is 0. The monoisotopic (exact) mass is 632 g/mol. The zero-order chi connectivity index (χ0) is 33.1. The van der Waals surface area contributed by atoms with Crippen molar-refractivity contribution in [1.82, 2.24) is 19.5 Å². The highest BCUT2D eigenvalue weighted by atomic mass is 19.1. The first kappa shape index (κ1) is 34.7. The van der Waals surface area contributed by atoms with Crippen LogP contribution in [-0.4, -0.2) is 63.4 Å². The number of halogens is 2. The number of aromatic nitrogens is 2. The number of aromatic carboxylic acids is 1. The fourth-order valence-corrected chi connectivity index (χ4v) is 5.48. The number of aryl methyl sites for hydroxylation is 3. The Bertz CT molecular complexity index is 1660. The van der Waals surface area contributed by atoms with Crippen molar-refractivity contribution in [1.29, 1.82) is 5.26 Å². The molecule has 0 bridgehead atoms. The quantitative estimate of drug-likeness (QED) is 0.161. The number of nitrogens with two attached hydrogens (primary N) is 1. The molecule has 4 aromatic rings. The largest absolute Gasteiger partial charge is 0.478 e. The maximum atomic E-state index is 14.9. The van der Waals surface area contributed by atoms with E-state index >= 15 is 0 Å². The smallest absolute Gasteiger partial charge is 0.335 e. The van der Waals surface area contributed by atoms with E-state index in [1.54, 1.807) is 17.2 Å². The van der Waals surface area contributed by atoms with Gasteiger partial charge in [0.25, 0.3) is 0 Å². The molecule has 0 spiro atoms. The molecule has 0 aliphatic carbocycles. The number of hydrogen-bond donors (Lipinski definition) is 2. The number of carboxylic acids is 1. The minimum absolute atomic E-state index is 0.128. The van der Waals surface area contributed by atoms with Crippen molar-refractivity contribution in [2.24, 2.45) is 5.73 Å². The summed E-state index contributed by atoms with van der Waals surface area (Å²) in [5, 5.41) is 20.1. The van der Waals surface area contributed by atoms with Gasteiger partial charge in [-0.05, 0) is 79.6 Å². The SMILES string of the molecule is CC.N#Cc1ccc(CCc2cccc(CCCCN(CCN)Cc3nc4c(F)cc(C(=O)O)cc4n3CN3CCO3)c2)c(F)c1. The van der Waals surface area contributed by atoms with E-state index in [4.69, 9.17) is 15.8 Å². The molecular formula is C35H42F2N6O3. The van der Waals surface area contributed by atoms with Gasteiger partial charge in [0.05, 0.1) is 42.4 Å². The molecular weight excluding hydrogens is 590 g/mol. The molecule has 2 heterocycles. The van der Waals surface area contributed by atoms with Gasteiger partial charge in [-0.1, -0.05) is 44.2 Å². The first-order valence-corrected chi connectivity index (χ1v) is 15.8. The molecule has 0 atom stereocenters. The lowest BCUT2D eigenvalue weighted by Gasteiger charge is -2.31. The number of unbranched alkanes of at least 4 members (excludes halogenated alkanes) is 1. The zero-order valence-electron chi connectivity index (χ0n) is 26.5.